The van der Waals surface area contributed by atoms with Crippen LogP contribution in [0.3, 0.4) is 0 Å². The first-order chi connectivity index (χ1) is 7.74. The minimum absolute atomic E-state index is 0.0231. The molecule has 0 amide bonds. The second-order valence-corrected chi connectivity index (χ2v) is 4.02. The summed E-state index contributed by atoms with van der Waals surface area (Å²) >= 11 is 5.31. The standard InChI is InChI=1S/C6H10O2.C3H5ClO.C2H4O/c1-2-3-7-4-6-5-8-6;1-2-3(4)5-2;1-2-3-1/h2,6H,1,3-5H2;2-3H,1H3;1-2H2. The third kappa shape index (κ3) is 10.4. The van der Waals surface area contributed by atoms with Crippen molar-refractivity contribution >= 4 is 11.6 Å². The van der Waals surface area contributed by atoms with E-state index < -0.39 is 0 Å². The number of hydrogen-bond acceptors (Lipinski definition) is 4. The fourth-order valence-corrected chi connectivity index (χ4v) is 0.769. The molecule has 3 saturated heterocycles. The SMILES string of the molecule is C1CO1.C=CCOCC1CO1.CC1OC1Cl. The van der Waals surface area contributed by atoms with E-state index in [2.05, 4.69) is 16.1 Å². The van der Waals surface area contributed by atoms with Gasteiger partial charge in [-0.1, -0.05) is 17.7 Å². The average molecular weight is 251 g/mol. The highest BCUT2D eigenvalue weighted by atomic mass is 35.5. The molecule has 3 fully saturated rings. The molecule has 0 aromatic heterocycles. The molecule has 5 heteroatoms. The third-order valence-electron chi connectivity index (χ3n) is 1.78. The van der Waals surface area contributed by atoms with Crippen molar-refractivity contribution in [1.82, 2.24) is 0 Å². The largest absolute Gasteiger partial charge is 0.377 e. The fraction of sp³-hybridized carbons (Fsp3) is 0.818. The predicted octanol–water partition coefficient (Wildman–Crippen LogP) is 1.57. The summed E-state index contributed by atoms with van der Waals surface area (Å²) in [7, 11) is 0. The van der Waals surface area contributed by atoms with E-state index in [1.165, 1.54) is 0 Å². The smallest absolute Gasteiger partial charge is 0.157 e. The number of epoxide rings is 3. The molecule has 3 aliphatic rings. The Kier molecular flexibility index (Phi) is 7.00. The van der Waals surface area contributed by atoms with Crippen molar-refractivity contribution in [2.24, 2.45) is 0 Å². The van der Waals surface area contributed by atoms with Crippen LogP contribution in [0, 0.1) is 0 Å². The molecule has 16 heavy (non-hydrogen) atoms. The van der Waals surface area contributed by atoms with Crippen molar-refractivity contribution in [2.45, 2.75) is 24.7 Å². The van der Waals surface area contributed by atoms with Crippen LogP contribution >= 0.6 is 11.6 Å². The Morgan fingerprint density at radius 1 is 1.50 bits per heavy atom. The number of hydrogen-bond donors (Lipinski definition) is 0. The van der Waals surface area contributed by atoms with Gasteiger partial charge in [-0.3, -0.25) is 0 Å². The molecule has 0 saturated carbocycles. The summed E-state index contributed by atoms with van der Waals surface area (Å²) in [4.78, 5) is 0. The first-order valence-electron chi connectivity index (χ1n) is 5.41. The minimum atomic E-state index is 0.0231. The maximum atomic E-state index is 5.31. The summed E-state index contributed by atoms with van der Waals surface area (Å²) in [5.74, 6) is 0. The van der Waals surface area contributed by atoms with Crippen molar-refractivity contribution in [1.29, 1.82) is 0 Å². The highest BCUT2D eigenvalue weighted by Crippen LogP contribution is 2.23. The minimum Gasteiger partial charge on any atom is -0.377 e. The van der Waals surface area contributed by atoms with E-state index in [4.69, 9.17) is 21.1 Å². The lowest BCUT2D eigenvalue weighted by molar-refractivity contribution is 0.141. The number of halogens is 1. The second-order valence-electron chi connectivity index (χ2n) is 3.59. The fourth-order valence-electron chi connectivity index (χ4n) is 0.607. The van der Waals surface area contributed by atoms with Gasteiger partial charge in [-0.2, -0.15) is 0 Å². The van der Waals surface area contributed by atoms with Crippen LogP contribution in [-0.2, 0) is 18.9 Å². The average Bonchev–Trinajstić information content (AvgIpc) is 3.11. The Hall–Kier alpha value is -0.130. The van der Waals surface area contributed by atoms with Crippen molar-refractivity contribution in [3.05, 3.63) is 12.7 Å². The van der Waals surface area contributed by atoms with Gasteiger partial charge in [-0.05, 0) is 6.92 Å². The summed E-state index contributed by atoms with van der Waals surface area (Å²) in [5.41, 5.74) is 0.0231. The molecule has 3 aliphatic heterocycles. The van der Waals surface area contributed by atoms with Crippen LogP contribution < -0.4 is 0 Å². The van der Waals surface area contributed by atoms with E-state index in [1.54, 1.807) is 6.08 Å². The topological polar surface area (TPSA) is 46.8 Å². The van der Waals surface area contributed by atoms with Gasteiger partial charge in [0.05, 0.1) is 39.1 Å². The number of alkyl halides is 1. The molecular weight excluding hydrogens is 232 g/mol. The predicted molar refractivity (Wildman–Crippen MR) is 61.8 cm³/mol. The summed E-state index contributed by atoms with van der Waals surface area (Å²) in [6.07, 6.45) is 2.44. The lowest BCUT2D eigenvalue weighted by Gasteiger charge is -1.92. The molecule has 3 unspecified atom stereocenters. The molecule has 94 valence electrons. The van der Waals surface area contributed by atoms with Gasteiger partial charge in [0, 0.05) is 0 Å². The van der Waals surface area contributed by atoms with Gasteiger partial charge in [0.2, 0.25) is 0 Å². The lowest BCUT2D eigenvalue weighted by Crippen LogP contribution is -2.00. The van der Waals surface area contributed by atoms with Crippen LogP contribution in [0.1, 0.15) is 6.92 Å². The molecular formula is C11H19ClO4. The molecule has 3 rings (SSSR count). The maximum absolute atomic E-state index is 5.31. The molecule has 0 aliphatic carbocycles. The molecule has 4 nitrogen and oxygen atoms in total. The molecule has 0 radical (unpaired) electrons. The van der Waals surface area contributed by atoms with Gasteiger partial charge >= 0.3 is 0 Å². The van der Waals surface area contributed by atoms with E-state index in [0.29, 0.717) is 18.8 Å². The van der Waals surface area contributed by atoms with Gasteiger partial charge < -0.3 is 18.9 Å². The zero-order valence-electron chi connectivity index (χ0n) is 9.56. The van der Waals surface area contributed by atoms with E-state index >= 15 is 0 Å². The van der Waals surface area contributed by atoms with E-state index in [9.17, 15) is 0 Å². The van der Waals surface area contributed by atoms with E-state index in [-0.39, 0.29) is 5.56 Å². The van der Waals surface area contributed by atoms with E-state index in [0.717, 1.165) is 26.4 Å². The molecule has 0 aromatic rings. The summed E-state index contributed by atoms with van der Waals surface area (Å²) < 4.78 is 19.1. The lowest BCUT2D eigenvalue weighted by atomic mass is 10.5. The normalized spacial score (nSPS) is 32.5. The van der Waals surface area contributed by atoms with Gasteiger partial charge in [0.15, 0.2) is 5.56 Å². The molecule has 3 atom stereocenters. The van der Waals surface area contributed by atoms with Crippen molar-refractivity contribution < 1.29 is 18.9 Å². The van der Waals surface area contributed by atoms with Crippen LogP contribution in [0.2, 0.25) is 0 Å². The zero-order valence-corrected chi connectivity index (χ0v) is 10.3. The van der Waals surface area contributed by atoms with Crippen LogP contribution in [0.25, 0.3) is 0 Å². The summed E-state index contributed by atoms with van der Waals surface area (Å²) in [5, 5.41) is 0. The highest BCUT2D eigenvalue weighted by Gasteiger charge is 2.30. The first-order valence-corrected chi connectivity index (χ1v) is 5.85. The van der Waals surface area contributed by atoms with Crippen LogP contribution in [0.4, 0.5) is 0 Å². The Morgan fingerprint density at radius 3 is 2.25 bits per heavy atom. The Balaban J connectivity index is 0.000000135. The highest BCUT2D eigenvalue weighted by molar-refractivity contribution is 6.21. The monoisotopic (exact) mass is 250 g/mol. The molecule has 0 N–H and O–H groups in total. The maximum Gasteiger partial charge on any atom is 0.157 e. The van der Waals surface area contributed by atoms with Crippen LogP contribution in [0.15, 0.2) is 12.7 Å². The first kappa shape index (κ1) is 13.9. The van der Waals surface area contributed by atoms with Gasteiger partial charge in [0.1, 0.15) is 6.10 Å². The van der Waals surface area contributed by atoms with Gasteiger partial charge in [0.25, 0.3) is 0 Å². The Morgan fingerprint density at radius 2 is 2.00 bits per heavy atom. The summed E-state index contributed by atoms with van der Waals surface area (Å²) in [6.45, 7) is 9.69. The summed E-state index contributed by atoms with van der Waals surface area (Å²) in [6, 6.07) is 0. The van der Waals surface area contributed by atoms with Crippen LogP contribution in [0.5, 0.6) is 0 Å². The molecule has 0 bridgehead atoms. The Labute approximate surface area is 101 Å². The second kappa shape index (κ2) is 8.03. The van der Waals surface area contributed by atoms with Gasteiger partial charge in [-0.15, -0.1) is 6.58 Å². The van der Waals surface area contributed by atoms with Gasteiger partial charge in [-0.25, -0.2) is 0 Å². The molecule has 3 heterocycles. The third-order valence-corrected chi connectivity index (χ3v) is 2.24. The zero-order chi connectivity index (χ0) is 11.8. The molecule has 0 spiro atoms. The van der Waals surface area contributed by atoms with Crippen molar-refractivity contribution in [3.8, 4) is 0 Å². The quantitative estimate of drug-likeness (QED) is 0.329. The van der Waals surface area contributed by atoms with Crippen molar-refractivity contribution in [3.63, 3.8) is 0 Å². The number of ether oxygens (including phenoxy) is 4. The number of rotatable bonds is 4. The van der Waals surface area contributed by atoms with Crippen molar-refractivity contribution in [2.75, 3.05) is 33.0 Å². The molecule has 0 aromatic carbocycles. The van der Waals surface area contributed by atoms with E-state index in [1.807, 2.05) is 6.92 Å². The Bertz CT molecular complexity index is 186. The van der Waals surface area contributed by atoms with Crippen LogP contribution in [-0.4, -0.2) is 50.8 Å².